The molecule has 2 rings (SSSR count). The van der Waals surface area contributed by atoms with Crippen LogP contribution in [0.1, 0.15) is 12.8 Å². The van der Waals surface area contributed by atoms with E-state index in [1.54, 1.807) is 0 Å². The molecule has 1 atom stereocenters. The molecule has 4 heteroatoms. The lowest BCUT2D eigenvalue weighted by Crippen LogP contribution is -2.24. The van der Waals surface area contributed by atoms with Crippen molar-refractivity contribution >= 4 is 34.0 Å². The molecule has 16 heavy (non-hydrogen) atoms. The number of ether oxygens (including phenoxy) is 1. The van der Waals surface area contributed by atoms with E-state index >= 15 is 0 Å². The van der Waals surface area contributed by atoms with Crippen molar-refractivity contribution in [3.05, 3.63) is 21.8 Å². The van der Waals surface area contributed by atoms with Gasteiger partial charge in [0.15, 0.2) is 0 Å². The van der Waals surface area contributed by atoms with Gasteiger partial charge in [-0.2, -0.15) is 0 Å². The third-order valence-corrected chi connectivity index (χ3v) is 3.52. The van der Waals surface area contributed by atoms with Crippen molar-refractivity contribution in [1.82, 2.24) is 0 Å². The summed E-state index contributed by atoms with van der Waals surface area (Å²) in [5, 5.41) is 3.40. The van der Waals surface area contributed by atoms with Crippen molar-refractivity contribution < 1.29 is 4.74 Å². The molecule has 1 heterocycles. The fraction of sp³-hybridized carbons (Fsp3) is 0.500. The Labute approximate surface area is 110 Å². The summed E-state index contributed by atoms with van der Waals surface area (Å²) in [6.07, 6.45) is 2.42. The van der Waals surface area contributed by atoms with Gasteiger partial charge >= 0.3 is 0 Å². The molecule has 1 unspecified atom stereocenters. The van der Waals surface area contributed by atoms with E-state index < -0.39 is 0 Å². The number of rotatable bonds is 3. The van der Waals surface area contributed by atoms with Gasteiger partial charge in [-0.05, 0) is 59.5 Å². The summed E-state index contributed by atoms with van der Waals surface area (Å²) in [5.41, 5.74) is 7.79. The van der Waals surface area contributed by atoms with Crippen LogP contribution in [0.15, 0.2) is 18.2 Å². The van der Waals surface area contributed by atoms with Crippen molar-refractivity contribution in [3.63, 3.8) is 0 Å². The zero-order valence-corrected chi connectivity index (χ0v) is 11.4. The largest absolute Gasteiger partial charge is 0.397 e. The Balaban J connectivity index is 1.88. The lowest BCUT2D eigenvalue weighted by Gasteiger charge is -2.23. The zero-order chi connectivity index (χ0) is 11.4. The number of hydrogen-bond acceptors (Lipinski definition) is 3. The van der Waals surface area contributed by atoms with Crippen LogP contribution in [0.2, 0.25) is 0 Å². The van der Waals surface area contributed by atoms with E-state index in [-0.39, 0.29) is 0 Å². The van der Waals surface area contributed by atoms with E-state index in [9.17, 15) is 0 Å². The predicted molar refractivity (Wildman–Crippen MR) is 75.6 cm³/mol. The van der Waals surface area contributed by atoms with Gasteiger partial charge in [0.1, 0.15) is 0 Å². The second-order valence-corrected chi connectivity index (χ2v) is 5.44. The Morgan fingerprint density at radius 2 is 2.38 bits per heavy atom. The molecule has 88 valence electrons. The molecule has 1 aromatic carbocycles. The minimum Gasteiger partial charge on any atom is -0.397 e. The summed E-state index contributed by atoms with van der Waals surface area (Å²) in [5.74, 6) is 0.618. The van der Waals surface area contributed by atoms with Gasteiger partial charge in [0, 0.05) is 16.7 Å². The molecule has 1 aromatic rings. The van der Waals surface area contributed by atoms with Crippen LogP contribution in [0.25, 0.3) is 0 Å². The van der Waals surface area contributed by atoms with Crippen LogP contribution in [-0.4, -0.2) is 19.8 Å². The van der Waals surface area contributed by atoms with Crippen LogP contribution < -0.4 is 11.1 Å². The topological polar surface area (TPSA) is 47.3 Å². The molecule has 1 aliphatic heterocycles. The molecule has 0 aromatic heterocycles. The van der Waals surface area contributed by atoms with Crippen LogP contribution in [0.5, 0.6) is 0 Å². The first-order valence-corrected chi connectivity index (χ1v) is 6.70. The Bertz CT molecular complexity index is 351. The Kier molecular flexibility index (Phi) is 4.29. The van der Waals surface area contributed by atoms with Crippen LogP contribution in [0.4, 0.5) is 11.4 Å². The quantitative estimate of drug-likeness (QED) is 0.661. The van der Waals surface area contributed by atoms with Crippen molar-refractivity contribution in [2.75, 3.05) is 30.8 Å². The van der Waals surface area contributed by atoms with E-state index in [0.29, 0.717) is 5.92 Å². The molecular weight excluding hydrogens is 315 g/mol. The van der Waals surface area contributed by atoms with Gasteiger partial charge in [0.25, 0.3) is 0 Å². The maximum Gasteiger partial charge on any atom is 0.0574 e. The number of benzene rings is 1. The van der Waals surface area contributed by atoms with Crippen LogP contribution in [0, 0.1) is 9.49 Å². The van der Waals surface area contributed by atoms with Crippen molar-refractivity contribution in [3.8, 4) is 0 Å². The monoisotopic (exact) mass is 332 g/mol. The molecule has 0 saturated carbocycles. The van der Waals surface area contributed by atoms with Gasteiger partial charge < -0.3 is 15.8 Å². The second-order valence-electron chi connectivity index (χ2n) is 4.20. The highest BCUT2D eigenvalue weighted by molar-refractivity contribution is 14.1. The number of nitrogens with two attached hydrogens (primary N) is 1. The van der Waals surface area contributed by atoms with Gasteiger partial charge in [-0.1, -0.05) is 0 Å². The van der Waals surface area contributed by atoms with Gasteiger partial charge in [-0.25, -0.2) is 0 Å². The SMILES string of the molecule is Nc1cc(I)ccc1NCC1CCCOC1. The summed E-state index contributed by atoms with van der Waals surface area (Å²) >= 11 is 2.27. The lowest BCUT2D eigenvalue weighted by molar-refractivity contribution is 0.0595. The molecular formula is C12H17IN2O. The Hall–Kier alpha value is -0.490. The summed E-state index contributed by atoms with van der Waals surface area (Å²) < 4.78 is 6.62. The van der Waals surface area contributed by atoms with Gasteiger partial charge in [0.05, 0.1) is 18.0 Å². The number of halogens is 1. The average Bonchev–Trinajstić information content (AvgIpc) is 2.29. The highest BCUT2D eigenvalue weighted by Crippen LogP contribution is 2.22. The van der Waals surface area contributed by atoms with Gasteiger partial charge in [0.2, 0.25) is 0 Å². The Morgan fingerprint density at radius 3 is 3.06 bits per heavy atom. The first-order chi connectivity index (χ1) is 7.75. The van der Waals surface area contributed by atoms with E-state index in [0.717, 1.165) is 31.1 Å². The maximum atomic E-state index is 5.94. The molecule has 3 N–H and O–H groups in total. The highest BCUT2D eigenvalue weighted by atomic mass is 127. The third kappa shape index (κ3) is 3.25. The van der Waals surface area contributed by atoms with E-state index in [2.05, 4.69) is 34.0 Å². The number of hydrogen-bond donors (Lipinski definition) is 2. The van der Waals surface area contributed by atoms with E-state index in [4.69, 9.17) is 10.5 Å². The minimum absolute atomic E-state index is 0.618. The molecule has 3 nitrogen and oxygen atoms in total. The first kappa shape index (κ1) is 12.0. The lowest BCUT2D eigenvalue weighted by atomic mass is 10.0. The molecule has 0 amide bonds. The van der Waals surface area contributed by atoms with Crippen LogP contribution in [0.3, 0.4) is 0 Å². The Morgan fingerprint density at radius 1 is 1.50 bits per heavy atom. The number of anilines is 2. The van der Waals surface area contributed by atoms with Gasteiger partial charge in [-0.15, -0.1) is 0 Å². The van der Waals surface area contributed by atoms with Crippen molar-refractivity contribution in [2.24, 2.45) is 5.92 Å². The molecule has 1 saturated heterocycles. The van der Waals surface area contributed by atoms with Crippen molar-refractivity contribution in [2.45, 2.75) is 12.8 Å². The summed E-state index contributed by atoms with van der Waals surface area (Å²) in [6.45, 7) is 2.74. The van der Waals surface area contributed by atoms with E-state index in [1.165, 1.54) is 16.4 Å². The van der Waals surface area contributed by atoms with E-state index in [1.807, 2.05) is 12.1 Å². The molecule has 0 bridgehead atoms. The second kappa shape index (κ2) is 5.72. The first-order valence-electron chi connectivity index (χ1n) is 5.62. The summed E-state index contributed by atoms with van der Waals surface area (Å²) in [6, 6.07) is 6.09. The summed E-state index contributed by atoms with van der Waals surface area (Å²) in [4.78, 5) is 0. The normalized spacial score (nSPS) is 20.7. The molecule has 1 aliphatic rings. The average molecular weight is 332 g/mol. The fourth-order valence-electron chi connectivity index (χ4n) is 1.92. The van der Waals surface area contributed by atoms with Crippen molar-refractivity contribution in [1.29, 1.82) is 0 Å². The minimum atomic E-state index is 0.618. The molecule has 1 fully saturated rings. The van der Waals surface area contributed by atoms with Gasteiger partial charge in [-0.3, -0.25) is 0 Å². The smallest absolute Gasteiger partial charge is 0.0574 e. The standard InChI is InChI=1S/C12H17IN2O/c13-10-3-4-12(11(14)6-10)15-7-9-2-1-5-16-8-9/h3-4,6,9,15H,1-2,5,7-8,14H2. The predicted octanol–water partition coefficient (Wildman–Crippen LogP) is 2.71. The molecule has 0 radical (unpaired) electrons. The number of nitrogen functional groups attached to an aromatic ring is 1. The zero-order valence-electron chi connectivity index (χ0n) is 9.21. The van der Waals surface area contributed by atoms with Crippen LogP contribution >= 0.6 is 22.6 Å². The highest BCUT2D eigenvalue weighted by Gasteiger charge is 2.13. The summed E-state index contributed by atoms with van der Waals surface area (Å²) in [7, 11) is 0. The fourth-order valence-corrected chi connectivity index (χ4v) is 2.43. The molecule has 0 spiro atoms. The maximum absolute atomic E-state index is 5.94. The molecule has 0 aliphatic carbocycles. The van der Waals surface area contributed by atoms with Crippen LogP contribution in [-0.2, 0) is 4.74 Å². The third-order valence-electron chi connectivity index (χ3n) is 2.85. The number of nitrogens with one attached hydrogen (secondary N) is 1.